The topological polar surface area (TPSA) is 47.6 Å². The SMILES string of the molecule is COC(=O)C1(NCc2ccccc2)CCCC(OC)C1. The maximum Gasteiger partial charge on any atom is 0.326 e. The molecular formula is C16H23NO3. The average Bonchev–Trinajstić information content (AvgIpc) is 2.53. The number of hydrogen-bond acceptors (Lipinski definition) is 4. The molecular weight excluding hydrogens is 254 g/mol. The molecule has 0 aliphatic heterocycles. The van der Waals surface area contributed by atoms with Gasteiger partial charge >= 0.3 is 5.97 Å². The highest BCUT2D eigenvalue weighted by atomic mass is 16.5. The minimum absolute atomic E-state index is 0.117. The lowest BCUT2D eigenvalue weighted by Gasteiger charge is -2.38. The molecule has 1 aromatic carbocycles. The van der Waals surface area contributed by atoms with Crippen molar-refractivity contribution in [2.24, 2.45) is 0 Å². The van der Waals surface area contributed by atoms with Gasteiger partial charge in [-0.2, -0.15) is 0 Å². The Morgan fingerprint density at radius 2 is 2.10 bits per heavy atom. The quantitative estimate of drug-likeness (QED) is 0.839. The predicted octanol–water partition coefficient (Wildman–Crippen LogP) is 2.28. The van der Waals surface area contributed by atoms with Gasteiger partial charge in [-0.1, -0.05) is 30.3 Å². The highest BCUT2D eigenvalue weighted by molar-refractivity contribution is 5.81. The third-order valence-electron chi connectivity index (χ3n) is 4.09. The molecule has 4 heteroatoms. The van der Waals surface area contributed by atoms with E-state index in [4.69, 9.17) is 9.47 Å². The first-order chi connectivity index (χ1) is 9.70. The molecule has 1 fully saturated rings. The van der Waals surface area contributed by atoms with Crippen LogP contribution >= 0.6 is 0 Å². The third kappa shape index (κ3) is 3.38. The molecule has 0 bridgehead atoms. The van der Waals surface area contributed by atoms with Gasteiger partial charge in [-0.25, -0.2) is 0 Å². The molecule has 110 valence electrons. The summed E-state index contributed by atoms with van der Waals surface area (Å²) in [7, 11) is 3.15. The summed E-state index contributed by atoms with van der Waals surface area (Å²) in [5.74, 6) is -0.185. The first-order valence-corrected chi connectivity index (χ1v) is 7.10. The van der Waals surface area contributed by atoms with E-state index in [2.05, 4.69) is 17.4 Å². The third-order valence-corrected chi connectivity index (χ3v) is 4.09. The maximum atomic E-state index is 12.2. The molecule has 0 amide bonds. The van der Waals surface area contributed by atoms with Crippen molar-refractivity contribution < 1.29 is 14.3 Å². The van der Waals surface area contributed by atoms with Gasteiger partial charge in [0.1, 0.15) is 5.54 Å². The molecule has 20 heavy (non-hydrogen) atoms. The zero-order valence-corrected chi connectivity index (χ0v) is 12.2. The van der Waals surface area contributed by atoms with Crippen LogP contribution in [0.4, 0.5) is 0 Å². The second-order valence-corrected chi connectivity index (χ2v) is 5.37. The Bertz CT molecular complexity index is 435. The number of carbonyl (C=O) groups is 1. The van der Waals surface area contributed by atoms with Gasteiger partial charge in [0.25, 0.3) is 0 Å². The number of ether oxygens (including phenoxy) is 2. The van der Waals surface area contributed by atoms with Crippen LogP contribution in [0, 0.1) is 0 Å². The molecule has 0 radical (unpaired) electrons. The van der Waals surface area contributed by atoms with Crippen LogP contribution in [0.15, 0.2) is 30.3 Å². The van der Waals surface area contributed by atoms with Crippen LogP contribution in [-0.4, -0.2) is 31.8 Å². The van der Waals surface area contributed by atoms with E-state index in [-0.39, 0.29) is 12.1 Å². The first-order valence-electron chi connectivity index (χ1n) is 7.10. The number of carbonyl (C=O) groups excluding carboxylic acids is 1. The molecule has 0 spiro atoms. The molecule has 1 aromatic rings. The second kappa shape index (κ2) is 6.86. The van der Waals surface area contributed by atoms with E-state index >= 15 is 0 Å². The molecule has 0 aromatic heterocycles. The molecule has 0 heterocycles. The lowest BCUT2D eigenvalue weighted by Crippen LogP contribution is -2.56. The minimum atomic E-state index is -0.622. The van der Waals surface area contributed by atoms with Crippen molar-refractivity contribution in [1.29, 1.82) is 0 Å². The summed E-state index contributed by atoms with van der Waals surface area (Å²) in [6.07, 6.45) is 3.55. The van der Waals surface area contributed by atoms with E-state index in [1.165, 1.54) is 7.11 Å². The van der Waals surface area contributed by atoms with Gasteiger partial charge in [-0.3, -0.25) is 10.1 Å². The zero-order chi connectivity index (χ0) is 14.4. The van der Waals surface area contributed by atoms with Crippen LogP contribution in [0.25, 0.3) is 0 Å². The molecule has 1 N–H and O–H groups in total. The predicted molar refractivity (Wildman–Crippen MR) is 77.3 cm³/mol. The van der Waals surface area contributed by atoms with Crippen LogP contribution in [0.1, 0.15) is 31.2 Å². The summed E-state index contributed by atoms with van der Waals surface area (Å²) in [6, 6.07) is 10.1. The number of benzene rings is 1. The molecule has 2 rings (SSSR count). The Morgan fingerprint density at radius 3 is 2.75 bits per heavy atom. The number of rotatable bonds is 5. The highest BCUT2D eigenvalue weighted by Gasteiger charge is 2.43. The van der Waals surface area contributed by atoms with Gasteiger partial charge in [-0.15, -0.1) is 0 Å². The van der Waals surface area contributed by atoms with E-state index in [0.29, 0.717) is 13.0 Å². The van der Waals surface area contributed by atoms with E-state index in [9.17, 15) is 4.79 Å². The molecule has 1 aliphatic carbocycles. The van der Waals surface area contributed by atoms with Crippen molar-refractivity contribution in [2.45, 2.75) is 43.9 Å². The van der Waals surface area contributed by atoms with Crippen LogP contribution in [-0.2, 0) is 20.8 Å². The molecule has 0 saturated heterocycles. The van der Waals surface area contributed by atoms with Crippen LogP contribution in [0.2, 0.25) is 0 Å². The van der Waals surface area contributed by atoms with Crippen LogP contribution in [0.5, 0.6) is 0 Å². The van der Waals surface area contributed by atoms with Crippen LogP contribution in [0.3, 0.4) is 0 Å². The normalized spacial score (nSPS) is 26.2. The molecule has 4 nitrogen and oxygen atoms in total. The van der Waals surface area contributed by atoms with Crippen molar-refractivity contribution in [3.05, 3.63) is 35.9 Å². The van der Waals surface area contributed by atoms with Gasteiger partial charge < -0.3 is 9.47 Å². The number of methoxy groups -OCH3 is 2. The lowest BCUT2D eigenvalue weighted by atomic mass is 9.79. The summed E-state index contributed by atoms with van der Waals surface area (Å²) in [5, 5.41) is 3.41. The van der Waals surface area contributed by atoms with E-state index in [0.717, 1.165) is 24.8 Å². The molecule has 2 atom stereocenters. The number of hydrogen-bond donors (Lipinski definition) is 1. The standard InChI is InChI=1S/C16H23NO3/c1-19-14-9-6-10-16(11-14,15(18)20-2)17-12-13-7-4-3-5-8-13/h3-5,7-8,14,17H,6,9-12H2,1-2H3. The fourth-order valence-corrected chi connectivity index (χ4v) is 2.91. The Kier molecular flexibility index (Phi) is 5.15. The summed E-state index contributed by atoms with van der Waals surface area (Å²) >= 11 is 0. The fourth-order valence-electron chi connectivity index (χ4n) is 2.91. The second-order valence-electron chi connectivity index (χ2n) is 5.37. The monoisotopic (exact) mass is 277 g/mol. The van der Waals surface area contributed by atoms with Crippen molar-refractivity contribution >= 4 is 5.97 Å². The first kappa shape index (κ1) is 15.0. The largest absolute Gasteiger partial charge is 0.468 e. The summed E-state index contributed by atoms with van der Waals surface area (Å²) < 4.78 is 10.5. The highest BCUT2D eigenvalue weighted by Crippen LogP contribution is 2.31. The minimum Gasteiger partial charge on any atom is -0.468 e. The number of nitrogens with one attached hydrogen (secondary N) is 1. The lowest BCUT2D eigenvalue weighted by molar-refractivity contribution is -0.152. The number of esters is 1. The average molecular weight is 277 g/mol. The van der Waals surface area contributed by atoms with E-state index in [1.54, 1.807) is 7.11 Å². The van der Waals surface area contributed by atoms with Gasteiger partial charge in [0.15, 0.2) is 0 Å². The van der Waals surface area contributed by atoms with Crippen molar-refractivity contribution in [3.63, 3.8) is 0 Å². The van der Waals surface area contributed by atoms with Crippen molar-refractivity contribution in [2.75, 3.05) is 14.2 Å². The molecule has 1 saturated carbocycles. The van der Waals surface area contributed by atoms with Gasteiger partial charge in [-0.05, 0) is 24.8 Å². The molecule has 1 aliphatic rings. The summed E-state index contributed by atoms with van der Waals surface area (Å²) in [5.41, 5.74) is 0.541. The van der Waals surface area contributed by atoms with E-state index < -0.39 is 5.54 Å². The van der Waals surface area contributed by atoms with Crippen LogP contribution < -0.4 is 5.32 Å². The van der Waals surface area contributed by atoms with Crippen molar-refractivity contribution in [1.82, 2.24) is 5.32 Å². The van der Waals surface area contributed by atoms with Gasteiger partial charge in [0, 0.05) is 20.1 Å². The van der Waals surface area contributed by atoms with Gasteiger partial charge in [0.2, 0.25) is 0 Å². The maximum absolute atomic E-state index is 12.2. The fraction of sp³-hybridized carbons (Fsp3) is 0.562. The Labute approximate surface area is 120 Å². The Morgan fingerprint density at radius 1 is 1.35 bits per heavy atom. The summed E-state index contributed by atoms with van der Waals surface area (Å²) in [4.78, 5) is 12.2. The molecule has 2 unspecified atom stereocenters. The van der Waals surface area contributed by atoms with E-state index in [1.807, 2.05) is 18.2 Å². The zero-order valence-electron chi connectivity index (χ0n) is 12.2. The van der Waals surface area contributed by atoms with Gasteiger partial charge in [0.05, 0.1) is 13.2 Å². The van der Waals surface area contributed by atoms with Crippen molar-refractivity contribution in [3.8, 4) is 0 Å². The Hall–Kier alpha value is -1.39. The smallest absolute Gasteiger partial charge is 0.326 e. The Balaban J connectivity index is 2.09. The summed E-state index contributed by atoms with van der Waals surface area (Å²) in [6.45, 7) is 0.659.